The SMILES string of the molecule is COc1ccccc1CN(CCC1CCCN1C)C1CC1. The fraction of sp³-hybridized carbons (Fsp3) is 0.667. The monoisotopic (exact) mass is 288 g/mol. The molecule has 0 aromatic heterocycles. The summed E-state index contributed by atoms with van der Waals surface area (Å²) in [7, 11) is 4.05. The molecular weight excluding hydrogens is 260 g/mol. The van der Waals surface area contributed by atoms with Gasteiger partial charge in [0, 0.05) is 30.7 Å². The van der Waals surface area contributed by atoms with E-state index in [2.05, 4.69) is 41.1 Å². The Bertz CT molecular complexity index is 458. The first kappa shape index (κ1) is 14.9. The maximum Gasteiger partial charge on any atom is 0.123 e. The van der Waals surface area contributed by atoms with Crippen LogP contribution in [0.25, 0.3) is 0 Å². The highest BCUT2D eigenvalue weighted by atomic mass is 16.5. The summed E-state index contributed by atoms with van der Waals surface area (Å²) in [6.45, 7) is 3.53. The zero-order chi connectivity index (χ0) is 14.7. The van der Waals surface area contributed by atoms with E-state index in [1.807, 2.05) is 0 Å². The molecule has 116 valence electrons. The fourth-order valence-corrected chi connectivity index (χ4v) is 3.54. The highest BCUT2D eigenvalue weighted by Crippen LogP contribution is 2.31. The van der Waals surface area contributed by atoms with Crippen LogP contribution >= 0.6 is 0 Å². The van der Waals surface area contributed by atoms with Crippen LogP contribution in [0, 0.1) is 0 Å². The molecule has 1 aliphatic carbocycles. The van der Waals surface area contributed by atoms with E-state index in [9.17, 15) is 0 Å². The Morgan fingerprint density at radius 2 is 2.05 bits per heavy atom. The summed E-state index contributed by atoms with van der Waals surface area (Å²) in [6.07, 6.45) is 6.80. The summed E-state index contributed by atoms with van der Waals surface area (Å²) >= 11 is 0. The third kappa shape index (κ3) is 3.78. The van der Waals surface area contributed by atoms with Crippen molar-refractivity contribution in [2.75, 3.05) is 27.2 Å². The molecule has 0 radical (unpaired) electrons. The number of hydrogen-bond donors (Lipinski definition) is 0. The number of para-hydroxylation sites is 1. The summed E-state index contributed by atoms with van der Waals surface area (Å²) < 4.78 is 5.51. The van der Waals surface area contributed by atoms with Gasteiger partial charge in [-0.1, -0.05) is 18.2 Å². The van der Waals surface area contributed by atoms with E-state index in [-0.39, 0.29) is 0 Å². The Morgan fingerprint density at radius 3 is 2.71 bits per heavy atom. The van der Waals surface area contributed by atoms with Gasteiger partial charge in [0.05, 0.1) is 7.11 Å². The molecule has 3 heteroatoms. The molecule has 0 bridgehead atoms. The van der Waals surface area contributed by atoms with Crippen LogP contribution in [0.3, 0.4) is 0 Å². The van der Waals surface area contributed by atoms with Crippen LogP contribution in [0.15, 0.2) is 24.3 Å². The van der Waals surface area contributed by atoms with E-state index in [1.54, 1.807) is 7.11 Å². The van der Waals surface area contributed by atoms with E-state index in [0.717, 1.165) is 24.4 Å². The lowest BCUT2D eigenvalue weighted by Gasteiger charge is -2.26. The van der Waals surface area contributed by atoms with Gasteiger partial charge in [0.15, 0.2) is 0 Å². The second kappa shape index (κ2) is 6.80. The molecule has 0 spiro atoms. The van der Waals surface area contributed by atoms with E-state index in [0.29, 0.717) is 0 Å². The molecule has 1 unspecified atom stereocenters. The Balaban J connectivity index is 1.59. The Kier molecular flexibility index (Phi) is 4.81. The first-order valence-electron chi connectivity index (χ1n) is 8.34. The molecule has 1 atom stereocenters. The molecule has 21 heavy (non-hydrogen) atoms. The topological polar surface area (TPSA) is 15.7 Å². The van der Waals surface area contributed by atoms with E-state index >= 15 is 0 Å². The maximum atomic E-state index is 5.51. The van der Waals surface area contributed by atoms with Gasteiger partial charge >= 0.3 is 0 Å². The third-order valence-electron chi connectivity index (χ3n) is 5.05. The largest absolute Gasteiger partial charge is 0.496 e. The smallest absolute Gasteiger partial charge is 0.123 e. The van der Waals surface area contributed by atoms with E-state index < -0.39 is 0 Å². The number of rotatable bonds is 7. The van der Waals surface area contributed by atoms with Gasteiger partial charge in [-0.3, -0.25) is 4.90 Å². The molecular formula is C18H28N2O. The lowest BCUT2D eigenvalue weighted by atomic mass is 10.1. The minimum atomic E-state index is 0.795. The quantitative estimate of drug-likeness (QED) is 0.766. The minimum Gasteiger partial charge on any atom is -0.496 e. The van der Waals surface area contributed by atoms with Crippen LogP contribution in [0.2, 0.25) is 0 Å². The molecule has 2 aliphatic rings. The molecule has 2 fully saturated rings. The standard InChI is InChI=1S/C18H28N2O/c1-19-12-5-7-16(19)11-13-20(17-9-10-17)14-15-6-3-4-8-18(15)21-2/h3-4,6,8,16-17H,5,7,9-14H2,1-2H3. The van der Waals surface area contributed by atoms with Gasteiger partial charge in [0.2, 0.25) is 0 Å². The Hall–Kier alpha value is -1.06. The summed E-state index contributed by atoms with van der Waals surface area (Å²) in [4.78, 5) is 5.21. The Labute approximate surface area is 128 Å². The molecule has 1 heterocycles. The summed E-state index contributed by atoms with van der Waals surface area (Å²) in [5, 5.41) is 0. The summed E-state index contributed by atoms with van der Waals surface area (Å²) in [5.74, 6) is 1.03. The van der Waals surface area contributed by atoms with Crippen LogP contribution in [-0.2, 0) is 6.54 Å². The molecule has 1 aromatic rings. The number of nitrogens with zero attached hydrogens (tertiary/aromatic N) is 2. The van der Waals surface area contributed by atoms with Gasteiger partial charge in [0.1, 0.15) is 5.75 Å². The number of hydrogen-bond acceptors (Lipinski definition) is 3. The second-order valence-electron chi connectivity index (χ2n) is 6.58. The molecule has 3 rings (SSSR count). The normalized spacial score (nSPS) is 22.9. The highest BCUT2D eigenvalue weighted by molar-refractivity contribution is 5.33. The number of benzene rings is 1. The molecule has 0 amide bonds. The van der Waals surface area contributed by atoms with Crippen molar-refractivity contribution in [1.29, 1.82) is 0 Å². The summed E-state index contributed by atoms with van der Waals surface area (Å²) in [6, 6.07) is 10.1. The fourth-order valence-electron chi connectivity index (χ4n) is 3.54. The number of ether oxygens (including phenoxy) is 1. The van der Waals surface area contributed by atoms with E-state index in [1.165, 1.54) is 50.8 Å². The third-order valence-corrected chi connectivity index (χ3v) is 5.05. The lowest BCUT2D eigenvalue weighted by Crippen LogP contribution is -2.33. The van der Waals surface area contributed by atoms with Crippen molar-refractivity contribution >= 4 is 0 Å². The van der Waals surface area contributed by atoms with Gasteiger partial charge < -0.3 is 9.64 Å². The second-order valence-corrected chi connectivity index (χ2v) is 6.58. The predicted octanol–water partition coefficient (Wildman–Crippen LogP) is 3.14. The molecule has 3 nitrogen and oxygen atoms in total. The van der Waals surface area contributed by atoms with E-state index in [4.69, 9.17) is 4.74 Å². The van der Waals surface area contributed by atoms with Crippen molar-refractivity contribution < 1.29 is 4.74 Å². The molecule has 1 aliphatic heterocycles. The van der Waals surface area contributed by atoms with Gasteiger partial charge in [-0.25, -0.2) is 0 Å². The maximum absolute atomic E-state index is 5.51. The molecule has 1 saturated heterocycles. The van der Waals surface area contributed by atoms with Crippen LogP contribution in [0.1, 0.15) is 37.7 Å². The van der Waals surface area contributed by atoms with Gasteiger partial charge in [-0.05, 0) is 51.8 Å². The first-order valence-corrected chi connectivity index (χ1v) is 8.34. The average molecular weight is 288 g/mol. The van der Waals surface area contributed by atoms with Crippen molar-refractivity contribution in [1.82, 2.24) is 9.80 Å². The van der Waals surface area contributed by atoms with Crippen LogP contribution in [0.5, 0.6) is 5.75 Å². The average Bonchev–Trinajstić information content (AvgIpc) is 3.27. The van der Waals surface area contributed by atoms with Gasteiger partial charge in [-0.2, -0.15) is 0 Å². The van der Waals surface area contributed by atoms with Gasteiger partial charge in [0.25, 0.3) is 0 Å². The first-order chi connectivity index (χ1) is 10.3. The van der Waals surface area contributed by atoms with Crippen molar-refractivity contribution in [2.45, 2.75) is 50.7 Å². The van der Waals surface area contributed by atoms with Crippen molar-refractivity contribution in [3.8, 4) is 5.75 Å². The molecule has 1 saturated carbocycles. The van der Waals surface area contributed by atoms with Gasteiger partial charge in [-0.15, -0.1) is 0 Å². The van der Waals surface area contributed by atoms with Crippen LogP contribution in [-0.4, -0.2) is 49.1 Å². The highest BCUT2D eigenvalue weighted by Gasteiger charge is 2.30. The Morgan fingerprint density at radius 1 is 1.24 bits per heavy atom. The van der Waals surface area contributed by atoms with Crippen LogP contribution < -0.4 is 4.74 Å². The van der Waals surface area contributed by atoms with Crippen LogP contribution in [0.4, 0.5) is 0 Å². The van der Waals surface area contributed by atoms with Crippen molar-refractivity contribution in [3.05, 3.63) is 29.8 Å². The zero-order valence-electron chi connectivity index (χ0n) is 13.4. The minimum absolute atomic E-state index is 0.795. The predicted molar refractivity (Wildman–Crippen MR) is 86.7 cm³/mol. The lowest BCUT2D eigenvalue weighted by molar-refractivity contribution is 0.208. The zero-order valence-corrected chi connectivity index (χ0v) is 13.4. The van der Waals surface area contributed by atoms with Crippen molar-refractivity contribution in [3.63, 3.8) is 0 Å². The van der Waals surface area contributed by atoms with Crippen molar-refractivity contribution in [2.24, 2.45) is 0 Å². The number of likely N-dealkylation sites (tertiary alicyclic amines) is 1. The summed E-state index contributed by atoms with van der Waals surface area (Å²) in [5.41, 5.74) is 1.33. The molecule has 0 N–H and O–H groups in total. The molecule has 1 aromatic carbocycles. The number of methoxy groups -OCH3 is 1.